The smallest absolute Gasteiger partial charge is 0.258 e. The monoisotopic (exact) mass is 522 g/mol. The first kappa shape index (κ1) is 25.4. The Hall–Kier alpha value is -2.68. The molecule has 186 valence electrons. The number of rotatable bonds is 8. The molecule has 0 saturated heterocycles. The standard InChI is InChI=1S/C25H25Cl2FN2O5/c26-16-3-1-15(2-4-16)20(31)13-29-23(34)25-9-7-24(8-10-25,12-21(25)32)30-22(33)14-35-17-5-6-18(27)19(28)11-17/h1-6,11,21,32H,7-10,12-14H2,(H,29,34)(H,30,33)/t21-,24?,25?/m1/s1. The Morgan fingerprint density at radius 1 is 1.06 bits per heavy atom. The van der Waals surface area contributed by atoms with E-state index >= 15 is 0 Å². The lowest BCUT2D eigenvalue weighted by molar-refractivity contribution is -0.156. The molecule has 5 rings (SSSR count). The summed E-state index contributed by atoms with van der Waals surface area (Å²) >= 11 is 11.5. The van der Waals surface area contributed by atoms with E-state index in [2.05, 4.69) is 10.6 Å². The molecule has 0 heterocycles. The Bertz CT molecular complexity index is 1130. The zero-order valence-electron chi connectivity index (χ0n) is 18.8. The number of aliphatic hydroxyl groups is 1. The fraction of sp³-hybridized carbons (Fsp3) is 0.400. The first-order chi connectivity index (χ1) is 16.6. The third-order valence-corrected chi connectivity index (χ3v) is 7.57. The van der Waals surface area contributed by atoms with Crippen LogP contribution in [0, 0.1) is 11.2 Å². The molecular formula is C25H25Cl2FN2O5. The van der Waals surface area contributed by atoms with Crippen LogP contribution in [0.15, 0.2) is 42.5 Å². The first-order valence-electron chi connectivity index (χ1n) is 11.3. The maximum absolute atomic E-state index is 13.5. The number of ketones is 1. The van der Waals surface area contributed by atoms with Crippen molar-refractivity contribution in [2.24, 2.45) is 5.41 Å². The molecule has 2 aromatic carbocycles. The van der Waals surface area contributed by atoms with E-state index in [-0.39, 0.29) is 42.0 Å². The number of fused-ring (bicyclic) bond motifs is 3. The minimum Gasteiger partial charge on any atom is -0.484 e. The molecule has 35 heavy (non-hydrogen) atoms. The molecule has 3 aliphatic rings. The Kier molecular flexibility index (Phi) is 7.35. The van der Waals surface area contributed by atoms with E-state index in [4.69, 9.17) is 27.9 Å². The van der Waals surface area contributed by atoms with Crippen molar-refractivity contribution >= 4 is 40.8 Å². The van der Waals surface area contributed by atoms with Gasteiger partial charge in [-0.2, -0.15) is 0 Å². The Morgan fingerprint density at radius 2 is 1.74 bits per heavy atom. The van der Waals surface area contributed by atoms with Crippen LogP contribution in [0.2, 0.25) is 10.0 Å². The second-order valence-electron chi connectivity index (χ2n) is 9.18. The molecular weight excluding hydrogens is 498 g/mol. The molecule has 0 aliphatic heterocycles. The van der Waals surface area contributed by atoms with Crippen LogP contribution in [0.25, 0.3) is 0 Å². The van der Waals surface area contributed by atoms with Gasteiger partial charge < -0.3 is 20.5 Å². The molecule has 10 heteroatoms. The molecule has 7 nitrogen and oxygen atoms in total. The average Bonchev–Trinajstić information content (AvgIpc) is 2.84. The molecule has 1 atom stereocenters. The van der Waals surface area contributed by atoms with Crippen LogP contribution in [0.3, 0.4) is 0 Å². The van der Waals surface area contributed by atoms with Crippen LogP contribution in [0.5, 0.6) is 5.75 Å². The van der Waals surface area contributed by atoms with Crippen LogP contribution in [0.4, 0.5) is 4.39 Å². The molecule has 0 unspecified atom stereocenters. The van der Waals surface area contributed by atoms with E-state index in [1.807, 2.05) is 0 Å². The van der Waals surface area contributed by atoms with Gasteiger partial charge in [0.1, 0.15) is 11.6 Å². The molecule has 2 aromatic rings. The number of carbonyl (C=O) groups excluding carboxylic acids is 3. The highest BCUT2D eigenvalue weighted by molar-refractivity contribution is 6.31. The third kappa shape index (κ3) is 5.44. The van der Waals surface area contributed by atoms with Crippen molar-refractivity contribution in [3.05, 3.63) is 63.9 Å². The van der Waals surface area contributed by atoms with Gasteiger partial charge in [-0.05, 0) is 68.5 Å². The summed E-state index contributed by atoms with van der Waals surface area (Å²) in [4.78, 5) is 37.9. The summed E-state index contributed by atoms with van der Waals surface area (Å²) in [6.07, 6.45) is 1.00. The fourth-order valence-electron chi connectivity index (χ4n) is 4.95. The predicted molar refractivity (Wildman–Crippen MR) is 128 cm³/mol. The van der Waals surface area contributed by atoms with Crippen LogP contribution >= 0.6 is 23.2 Å². The summed E-state index contributed by atoms with van der Waals surface area (Å²) in [5.74, 6) is -1.49. The number of hydrogen-bond donors (Lipinski definition) is 3. The van der Waals surface area contributed by atoms with Crippen molar-refractivity contribution in [2.45, 2.75) is 43.7 Å². The lowest BCUT2D eigenvalue weighted by Crippen LogP contribution is -2.66. The molecule has 0 radical (unpaired) electrons. The van der Waals surface area contributed by atoms with Gasteiger partial charge in [-0.3, -0.25) is 14.4 Å². The molecule has 2 bridgehead atoms. The van der Waals surface area contributed by atoms with Gasteiger partial charge in [-0.15, -0.1) is 0 Å². The summed E-state index contributed by atoms with van der Waals surface area (Å²) in [6.45, 7) is -0.503. The maximum atomic E-state index is 13.5. The molecule has 3 N–H and O–H groups in total. The summed E-state index contributed by atoms with van der Waals surface area (Å²) in [6, 6.07) is 10.3. The number of ether oxygens (including phenoxy) is 1. The van der Waals surface area contributed by atoms with E-state index in [1.54, 1.807) is 24.3 Å². The van der Waals surface area contributed by atoms with E-state index in [0.717, 1.165) is 6.07 Å². The Morgan fingerprint density at radius 3 is 2.37 bits per heavy atom. The van der Waals surface area contributed by atoms with Gasteiger partial charge in [0, 0.05) is 22.2 Å². The van der Waals surface area contributed by atoms with Gasteiger partial charge in [-0.1, -0.05) is 23.2 Å². The molecule has 0 spiro atoms. The zero-order chi connectivity index (χ0) is 25.2. The van der Waals surface area contributed by atoms with Crippen LogP contribution in [-0.4, -0.2) is 47.5 Å². The number of aliphatic hydroxyl groups excluding tert-OH is 1. The van der Waals surface area contributed by atoms with Gasteiger partial charge in [0.15, 0.2) is 12.4 Å². The summed E-state index contributed by atoms with van der Waals surface area (Å²) in [7, 11) is 0. The second kappa shape index (κ2) is 10.1. The van der Waals surface area contributed by atoms with Gasteiger partial charge >= 0.3 is 0 Å². The lowest BCUT2D eigenvalue weighted by Gasteiger charge is -2.55. The van der Waals surface area contributed by atoms with Crippen LogP contribution in [-0.2, 0) is 9.59 Å². The van der Waals surface area contributed by atoms with Crippen molar-refractivity contribution in [3.63, 3.8) is 0 Å². The Labute approximate surface area is 211 Å². The van der Waals surface area contributed by atoms with Gasteiger partial charge in [0.25, 0.3) is 5.91 Å². The number of hydrogen-bond acceptors (Lipinski definition) is 5. The number of benzene rings is 2. The molecule has 3 saturated carbocycles. The number of amides is 2. The summed E-state index contributed by atoms with van der Waals surface area (Å²) in [5, 5.41) is 17.0. The SMILES string of the molecule is O=C(COc1ccc(Cl)c(F)c1)NC12CCC(C(=O)NCC(=O)c3ccc(Cl)cc3)(CC1)[C@H](O)C2. The van der Waals surface area contributed by atoms with E-state index < -0.39 is 28.8 Å². The number of nitrogens with one attached hydrogen (secondary N) is 2. The maximum Gasteiger partial charge on any atom is 0.258 e. The van der Waals surface area contributed by atoms with E-state index in [0.29, 0.717) is 36.3 Å². The van der Waals surface area contributed by atoms with Crippen molar-refractivity contribution in [1.29, 1.82) is 0 Å². The van der Waals surface area contributed by atoms with Crippen molar-refractivity contribution in [1.82, 2.24) is 10.6 Å². The van der Waals surface area contributed by atoms with Crippen molar-refractivity contribution < 1.29 is 28.6 Å². The van der Waals surface area contributed by atoms with Gasteiger partial charge in [0.05, 0.1) is 23.1 Å². The minimum absolute atomic E-state index is 0.0408. The number of halogens is 3. The van der Waals surface area contributed by atoms with E-state index in [9.17, 15) is 23.9 Å². The average molecular weight is 523 g/mol. The minimum atomic E-state index is -0.996. The zero-order valence-corrected chi connectivity index (χ0v) is 20.3. The van der Waals surface area contributed by atoms with E-state index in [1.165, 1.54) is 12.1 Å². The number of Topliss-reactive ketones (excluding diaryl/α,β-unsaturated/α-hetero) is 1. The highest BCUT2D eigenvalue weighted by Crippen LogP contribution is 2.52. The Balaban J connectivity index is 1.30. The van der Waals surface area contributed by atoms with Crippen molar-refractivity contribution in [3.8, 4) is 5.75 Å². The lowest BCUT2D eigenvalue weighted by atomic mass is 9.55. The van der Waals surface area contributed by atoms with Gasteiger partial charge in [0.2, 0.25) is 5.91 Å². The summed E-state index contributed by atoms with van der Waals surface area (Å²) in [5.41, 5.74) is -1.21. The first-order valence-corrected chi connectivity index (χ1v) is 12.0. The molecule has 3 fully saturated rings. The topological polar surface area (TPSA) is 105 Å². The summed E-state index contributed by atoms with van der Waals surface area (Å²) < 4.78 is 18.9. The number of carbonyl (C=O) groups is 3. The highest BCUT2D eigenvalue weighted by atomic mass is 35.5. The van der Waals surface area contributed by atoms with Crippen molar-refractivity contribution in [2.75, 3.05) is 13.2 Å². The molecule has 3 aliphatic carbocycles. The predicted octanol–water partition coefficient (Wildman–Crippen LogP) is 3.69. The largest absolute Gasteiger partial charge is 0.484 e. The van der Waals surface area contributed by atoms with Crippen LogP contribution in [0.1, 0.15) is 42.5 Å². The second-order valence-corrected chi connectivity index (χ2v) is 10.0. The normalized spacial score (nSPS) is 25.1. The quantitative estimate of drug-likeness (QED) is 0.458. The molecule has 0 aromatic heterocycles. The van der Waals surface area contributed by atoms with Crippen LogP contribution < -0.4 is 15.4 Å². The highest BCUT2D eigenvalue weighted by Gasteiger charge is 2.58. The molecule has 2 amide bonds. The third-order valence-electron chi connectivity index (χ3n) is 7.01. The fourth-order valence-corrected chi connectivity index (χ4v) is 5.20. The van der Waals surface area contributed by atoms with Gasteiger partial charge in [-0.25, -0.2) is 4.39 Å².